The van der Waals surface area contributed by atoms with Gasteiger partial charge < -0.3 is 10.6 Å². The number of nitrogens with two attached hydrogens (primary N) is 1. The van der Waals surface area contributed by atoms with Crippen molar-refractivity contribution in [3.05, 3.63) is 0 Å². The molecule has 0 heterocycles. The van der Waals surface area contributed by atoms with Gasteiger partial charge in [-0.25, -0.2) is 0 Å². The van der Waals surface area contributed by atoms with Gasteiger partial charge in [0, 0.05) is 18.1 Å². The van der Waals surface area contributed by atoms with E-state index in [0.29, 0.717) is 6.04 Å². The summed E-state index contributed by atoms with van der Waals surface area (Å²) in [5.41, 5.74) is 5.96. The Morgan fingerprint density at radius 1 is 1.00 bits per heavy atom. The van der Waals surface area contributed by atoms with Crippen molar-refractivity contribution in [2.45, 2.75) is 70.5 Å². The number of nitrogens with zero attached hydrogens (tertiary/aromatic N) is 1. The van der Waals surface area contributed by atoms with Crippen LogP contribution in [-0.2, 0) is 0 Å². The number of hydrogen-bond acceptors (Lipinski definition) is 2. The second-order valence-electron chi connectivity index (χ2n) is 6.36. The normalized spacial score (nSPS) is 40.1. The van der Waals surface area contributed by atoms with E-state index in [4.69, 9.17) is 5.73 Å². The van der Waals surface area contributed by atoms with Crippen molar-refractivity contribution >= 4 is 0 Å². The van der Waals surface area contributed by atoms with Crippen LogP contribution in [-0.4, -0.2) is 30.1 Å². The molecule has 2 nitrogen and oxygen atoms in total. The van der Waals surface area contributed by atoms with Crippen molar-refractivity contribution in [3.63, 3.8) is 0 Å². The van der Waals surface area contributed by atoms with Crippen LogP contribution in [0.1, 0.15) is 52.4 Å². The Morgan fingerprint density at radius 3 is 2.06 bits per heavy atom. The summed E-state index contributed by atoms with van der Waals surface area (Å²) >= 11 is 0. The molecule has 0 saturated heterocycles. The first-order chi connectivity index (χ1) is 7.58. The van der Waals surface area contributed by atoms with E-state index in [9.17, 15) is 0 Å². The largest absolute Gasteiger partial charge is 0.328 e. The van der Waals surface area contributed by atoms with Gasteiger partial charge in [0.15, 0.2) is 0 Å². The molecule has 2 aliphatic carbocycles. The molecule has 0 atom stereocenters. The molecule has 0 aromatic rings. The van der Waals surface area contributed by atoms with Gasteiger partial charge in [-0.3, -0.25) is 0 Å². The van der Waals surface area contributed by atoms with Crippen LogP contribution >= 0.6 is 0 Å². The third-order valence-corrected chi connectivity index (χ3v) is 4.99. The second kappa shape index (κ2) is 5.05. The molecule has 2 heteroatoms. The van der Waals surface area contributed by atoms with E-state index in [1.165, 1.54) is 38.5 Å². The molecule has 2 saturated carbocycles. The second-order valence-corrected chi connectivity index (χ2v) is 6.36. The maximum absolute atomic E-state index is 5.96. The SMILES string of the molecule is CC(C)C1CC(N(C)C2CCC(N)CC2)C1. The lowest BCUT2D eigenvalue weighted by Gasteiger charge is -2.47. The summed E-state index contributed by atoms with van der Waals surface area (Å²) < 4.78 is 0. The third-order valence-electron chi connectivity index (χ3n) is 4.99. The Labute approximate surface area is 101 Å². The molecule has 0 aromatic heterocycles. The highest BCUT2D eigenvalue weighted by atomic mass is 15.2. The Bertz CT molecular complexity index is 213. The van der Waals surface area contributed by atoms with E-state index in [2.05, 4.69) is 25.8 Å². The quantitative estimate of drug-likeness (QED) is 0.798. The van der Waals surface area contributed by atoms with Crippen LogP contribution in [0, 0.1) is 11.8 Å². The van der Waals surface area contributed by atoms with Gasteiger partial charge in [0.1, 0.15) is 0 Å². The first-order valence-corrected chi connectivity index (χ1v) is 7.05. The predicted molar refractivity (Wildman–Crippen MR) is 69.3 cm³/mol. The van der Waals surface area contributed by atoms with Crippen LogP contribution < -0.4 is 5.73 Å². The minimum absolute atomic E-state index is 0.481. The average Bonchev–Trinajstić information content (AvgIpc) is 2.15. The summed E-state index contributed by atoms with van der Waals surface area (Å²) in [6, 6.07) is 2.17. The summed E-state index contributed by atoms with van der Waals surface area (Å²) in [6.07, 6.45) is 7.96. The van der Waals surface area contributed by atoms with Gasteiger partial charge in [0.05, 0.1) is 0 Å². The van der Waals surface area contributed by atoms with E-state index in [0.717, 1.165) is 23.9 Å². The van der Waals surface area contributed by atoms with E-state index in [1.54, 1.807) is 0 Å². The summed E-state index contributed by atoms with van der Waals surface area (Å²) in [5, 5.41) is 0. The molecule has 0 radical (unpaired) electrons. The van der Waals surface area contributed by atoms with Crippen LogP contribution in [0.5, 0.6) is 0 Å². The lowest BCUT2D eigenvalue weighted by molar-refractivity contribution is 0.0314. The molecule has 16 heavy (non-hydrogen) atoms. The standard InChI is InChI=1S/C14H28N2/c1-10(2)11-8-14(9-11)16(3)13-6-4-12(15)5-7-13/h10-14H,4-9,15H2,1-3H3. The van der Waals surface area contributed by atoms with Crippen LogP contribution in [0.2, 0.25) is 0 Å². The molecule has 0 spiro atoms. The van der Waals surface area contributed by atoms with Gasteiger partial charge in [0.2, 0.25) is 0 Å². The summed E-state index contributed by atoms with van der Waals surface area (Å²) in [6.45, 7) is 4.72. The van der Waals surface area contributed by atoms with Crippen molar-refractivity contribution in [2.24, 2.45) is 17.6 Å². The van der Waals surface area contributed by atoms with Gasteiger partial charge in [0.25, 0.3) is 0 Å². The maximum Gasteiger partial charge on any atom is 0.0101 e. The Hall–Kier alpha value is -0.0800. The maximum atomic E-state index is 5.96. The van der Waals surface area contributed by atoms with Crippen molar-refractivity contribution in [1.29, 1.82) is 0 Å². The minimum atomic E-state index is 0.481. The molecule has 2 aliphatic rings. The lowest BCUT2D eigenvalue weighted by Crippen LogP contribution is -2.50. The molecule has 2 N–H and O–H groups in total. The van der Waals surface area contributed by atoms with Crippen molar-refractivity contribution in [2.75, 3.05) is 7.05 Å². The van der Waals surface area contributed by atoms with Gasteiger partial charge in [-0.15, -0.1) is 0 Å². The predicted octanol–water partition coefficient (Wildman–Crippen LogP) is 2.62. The Balaban J connectivity index is 1.75. The van der Waals surface area contributed by atoms with Crippen LogP contribution in [0.15, 0.2) is 0 Å². The topological polar surface area (TPSA) is 29.3 Å². The first kappa shape index (κ1) is 12.4. The van der Waals surface area contributed by atoms with E-state index < -0.39 is 0 Å². The zero-order valence-corrected chi connectivity index (χ0v) is 11.2. The molecule has 0 amide bonds. The van der Waals surface area contributed by atoms with Gasteiger partial charge >= 0.3 is 0 Å². The molecule has 0 aromatic carbocycles. The molecule has 0 aliphatic heterocycles. The fourth-order valence-electron chi connectivity index (χ4n) is 3.31. The van der Waals surface area contributed by atoms with E-state index in [-0.39, 0.29) is 0 Å². The van der Waals surface area contributed by atoms with Gasteiger partial charge in [-0.2, -0.15) is 0 Å². The van der Waals surface area contributed by atoms with E-state index in [1.807, 2.05) is 0 Å². The molecule has 0 unspecified atom stereocenters. The summed E-state index contributed by atoms with van der Waals surface area (Å²) in [4.78, 5) is 2.66. The van der Waals surface area contributed by atoms with Gasteiger partial charge in [-0.05, 0) is 57.4 Å². The Kier molecular flexibility index (Phi) is 3.91. The fraction of sp³-hybridized carbons (Fsp3) is 1.00. The summed E-state index contributed by atoms with van der Waals surface area (Å²) in [7, 11) is 2.34. The third kappa shape index (κ3) is 2.60. The first-order valence-electron chi connectivity index (χ1n) is 7.05. The molecular weight excluding hydrogens is 196 g/mol. The average molecular weight is 224 g/mol. The summed E-state index contributed by atoms with van der Waals surface area (Å²) in [5.74, 6) is 1.86. The highest BCUT2D eigenvalue weighted by Crippen LogP contribution is 2.38. The monoisotopic (exact) mass is 224 g/mol. The van der Waals surface area contributed by atoms with Crippen LogP contribution in [0.4, 0.5) is 0 Å². The van der Waals surface area contributed by atoms with Crippen molar-refractivity contribution in [3.8, 4) is 0 Å². The zero-order valence-electron chi connectivity index (χ0n) is 11.2. The van der Waals surface area contributed by atoms with Gasteiger partial charge in [-0.1, -0.05) is 13.8 Å². The highest BCUT2D eigenvalue weighted by Gasteiger charge is 2.36. The number of hydrogen-bond donors (Lipinski definition) is 1. The molecule has 2 fully saturated rings. The number of rotatable bonds is 3. The highest BCUT2D eigenvalue weighted by molar-refractivity contribution is 4.91. The van der Waals surface area contributed by atoms with Crippen molar-refractivity contribution in [1.82, 2.24) is 4.90 Å². The smallest absolute Gasteiger partial charge is 0.0101 e. The Morgan fingerprint density at radius 2 is 1.56 bits per heavy atom. The molecular formula is C14H28N2. The molecule has 2 rings (SSSR count). The van der Waals surface area contributed by atoms with Crippen molar-refractivity contribution < 1.29 is 0 Å². The van der Waals surface area contributed by atoms with E-state index >= 15 is 0 Å². The minimum Gasteiger partial charge on any atom is -0.328 e. The fourth-order valence-corrected chi connectivity index (χ4v) is 3.31. The molecule has 94 valence electrons. The van der Waals surface area contributed by atoms with Crippen LogP contribution in [0.25, 0.3) is 0 Å². The van der Waals surface area contributed by atoms with Crippen LogP contribution in [0.3, 0.4) is 0 Å². The molecule has 0 bridgehead atoms. The lowest BCUT2D eigenvalue weighted by atomic mass is 9.72. The zero-order chi connectivity index (χ0) is 11.7.